The number of aromatic nitrogens is 3. The van der Waals surface area contributed by atoms with Crippen LogP contribution >= 0.6 is 15.9 Å². The van der Waals surface area contributed by atoms with Crippen LogP contribution in [0.1, 0.15) is 19.3 Å². The second-order valence-electron chi connectivity index (χ2n) is 4.21. The molecule has 4 heteroatoms. The summed E-state index contributed by atoms with van der Waals surface area (Å²) in [6.45, 7) is 1.06. The van der Waals surface area contributed by atoms with Gasteiger partial charge < -0.3 is 0 Å². The molecule has 1 aliphatic rings. The summed E-state index contributed by atoms with van der Waals surface area (Å²) in [6, 6.07) is 2.01. The molecule has 2 aromatic rings. The number of rotatable bonds is 2. The predicted molar refractivity (Wildman–Crippen MR) is 62.6 cm³/mol. The summed E-state index contributed by atoms with van der Waals surface area (Å²) in [5, 5.41) is 5.67. The number of hydrogen-bond donors (Lipinski definition) is 0. The van der Waals surface area contributed by atoms with Crippen molar-refractivity contribution < 1.29 is 0 Å². The van der Waals surface area contributed by atoms with Gasteiger partial charge >= 0.3 is 0 Å². The van der Waals surface area contributed by atoms with E-state index < -0.39 is 0 Å². The molecule has 3 rings (SSSR count). The van der Waals surface area contributed by atoms with Crippen molar-refractivity contribution in [2.75, 3.05) is 0 Å². The molecule has 0 radical (unpaired) electrons. The Bertz CT molecular complexity index is 488. The highest BCUT2D eigenvalue weighted by atomic mass is 79.9. The zero-order valence-electron chi connectivity index (χ0n) is 8.36. The van der Waals surface area contributed by atoms with E-state index in [1.807, 2.05) is 12.3 Å². The van der Waals surface area contributed by atoms with E-state index in [-0.39, 0.29) is 0 Å². The van der Waals surface area contributed by atoms with Gasteiger partial charge in [-0.25, -0.2) is 4.98 Å². The van der Waals surface area contributed by atoms with Crippen LogP contribution < -0.4 is 0 Å². The van der Waals surface area contributed by atoms with Gasteiger partial charge in [-0.1, -0.05) is 6.42 Å². The van der Waals surface area contributed by atoms with Crippen LogP contribution in [0.5, 0.6) is 0 Å². The molecule has 0 aromatic carbocycles. The van der Waals surface area contributed by atoms with Crippen LogP contribution in [0.4, 0.5) is 0 Å². The van der Waals surface area contributed by atoms with E-state index in [0.29, 0.717) is 0 Å². The predicted octanol–water partition coefficient (Wildman–Crippen LogP) is 2.99. The second kappa shape index (κ2) is 3.59. The summed E-state index contributed by atoms with van der Waals surface area (Å²) >= 11 is 3.37. The van der Waals surface area contributed by atoms with Gasteiger partial charge in [-0.3, -0.25) is 4.68 Å². The molecule has 78 valence electrons. The van der Waals surface area contributed by atoms with Crippen molar-refractivity contribution in [3.63, 3.8) is 0 Å². The van der Waals surface area contributed by atoms with Gasteiger partial charge in [0.2, 0.25) is 0 Å². The van der Waals surface area contributed by atoms with Crippen molar-refractivity contribution in [2.45, 2.75) is 25.8 Å². The Kier molecular flexibility index (Phi) is 2.24. The fourth-order valence-electron chi connectivity index (χ4n) is 1.99. The van der Waals surface area contributed by atoms with Gasteiger partial charge in [0, 0.05) is 18.1 Å². The first-order valence-corrected chi connectivity index (χ1v) is 6.09. The van der Waals surface area contributed by atoms with Gasteiger partial charge in [0.15, 0.2) is 0 Å². The molecule has 0 unspecified atom stereocenters. The summed E-state index contributed by atoms with van der Waals surface area (Å²) in [5.41, 5.74) is 0.984. The summed E-state index contributed by atoms with van der Waals surface area (Å²) in [7, 11) is 0. The lowest BCUT2D eigenvalue weighted by molar-refractivity contribution is 0.267. The lowest BCUT2D eigenvalue weighted by Gasteiger charge is -2.24. The monoisotopic (exact) mass is 265 g/mol. The lowest BCUT2D eigenvalue weighted by atomic mass is 9.85. The summed E-state index contributed by atoms with van der Waals surface area (Å²) < 4.78 is 2.93. The van der Waals surface area contributed by atoms with Gasteiger partial charge in [-0.2, -0.15) is 5.10 Å². The summed E-state index contributed by atoms with van der Waals surface area (Å²) in [5.74, 6) is 0.843. The molecule has 0 bridgehead atoms. The second-order valence-corrected chi connectivity index (χ2v) is 5.03. The molecule has 1 saturated carbocycles. The molecule has 0 amide bonds. The van der Waals surface area contributed by atoms with Crippen LogP contribution in [0.3, 0.4) is 0 Å². The third-order valence-electron chi connectivity index (χ3n) is 3.07. The quantitative estimate of drug-likeness (QED) is 0.782. The maximum atomic E-state index is 4.51. The van der Waals surface area contributed by atoms with E-state index >= 15 is 0 Å². The van der Waals surface area contributed by atoms with Crippen molar-refractivity contribution in [1.82, 2.24) is 14.8 Å². The molecule has 1 aliphatic carbocycles. The highest BCUT2D eigenvalue weighted by Crippen LogP contribution is 2.28. The number of halogens is 1. The van der Waals surface area contributed by atoms with Gasteiger partial charge in [0.1, 0.15) is 10.1 Å². The molecule has 0 aliphatic heterocycles. The molecule has 3 nitrogen and oxygen atoms in total. The average molecular weight is 266 g/mol. The Morgan fingerprint density at radius 2 is 2.33 bits per heavy atom. The van der Waals surface area contributed by atoms with Gasteiger partial charge in [-0.15, -0.1) is 0 Å². The van der Waals surface area contributed by atoms with Crippen LogP contribution in [-0.2, 0) is 6.54 Å². The maximum absolute atomic E-state index is 4.51. The third kappa shape index (κ3) is 1.78. The smallest absolute Gasteiger partial charge is 0.111 e. The van der Waals surface area contributed by atoms with Gasteiger partial charge in [0.05, 0.1) is 6.20 Å². The van der Waals surface area contributed by atoms with Crippen LogP contribution in [0.25, 0.3) is 10.9 Å². The zero-order chi connectivity index (χ0) is 10.3. The third-order valence-corrected chi connectivity index (χ3v) is 3.51. The Hall–Kier alpha value is -0.900. The number of hydrogen-bond acceptors (Lipinski definition) is 2. The highest BCUT2D eigenvalue weighted by Gasteiger charge is 2.18. The number of nitrogens with zero attached hydrogens (tertiary/aromatic N) is 3. The zero-order valence-corrected chi connectivity index (χ0v) is 9.94. The Morgan fingerprint density at radius 3 is 3.07 bits per heavy atom. The normalized spacial score (nSPS) is 16.9. The highest BCUT2D eigenvalue weighted by molar-refractivity contribution is 9.10. The van der Waals surface area contributed by atoms with Crippen molar-refractivity contribution in [2.24, 2.45) is 5.92 Å². The molecule has 2 heterocycles. The molecular formula is C11H12BrN3. The summed E-state index contributed by atoms with van der Waals surface area (Å²) in [6.07, 6.45) is 8.03. The average Bonchev–Trinajstić information content (AvgIpc) is 2.53. The fourth-order valence-corrected chi connectivity index (χ4v) is 2.33. The standard InChI is InChI=1S/C11H12BrN3/c12-11-4-9-7-15(6-8-2-1-3-8)14-10(9)5-13-11/h4-5,7-8H,1-3,6H2. The van der Waals surface area contributed by atoms with Crippen LogP contribution in [0.15, 0.2) is 23.1 Å². The topological polar surface area (TPSA) is 30.7 Å². The van der Waals surface area contributed by atoms with Gasteiger partial charge in [-0.05, 0) is 40.8 Å². The van der Waals surface area contributed by atoms with Crippen LogP contribution in [0.2, 0.25) is 0 Å². The lowest BCUT2D eigenvalue weighted by Crippen LogP contribution is -2.18. The minimum absolute atomic E-state index is 0.843. The first-order chi connectivity index (χ1) is 7.31. The molecule has 0 N–H and O–H groups in total. The largest absolute Gasteiger partial charge is 0.271 e. The Morgan fingerprint density at radius 1 is 1.47 bits per heavy atom. The van der Waals surface area contributed by atoms with E-state index in [4.69, 9.17) is 0 Å². The molecule has 1 fully saturated rings. The van der Waals surface area contributed by atoms with Gasteiger partial charge in [0.25, 0.3) is 0 Å². The van der Waals surface area contributed by atoms with E-state index in [0.717, 1.165) is 28.0 Å². The molecule has 0 saturated heterocycles. The first-order valence-electron chi connectivity index (χ1n) is 5.30. The van der Waals surface area contributed by atoms with Crippen molar-refractivity contribution in [3.8, 4) is 0 Å². The minimum Gasteiger partial charge on any atom is -0.271 e. The molecule has 2 aromatic heterocycles. The van der Waals surface area contributed by atoms with E-state index in [9.17, 15) is 0 Å². The van der Waals surface area contributed by atoms with E-state index in [1.165, 1.54) is 19.3 Å². The van der Waals surface area contributed by atoms with Crippen LogP contribution in [-0.4, -0.2) is 14.8 Å². The molecule has 15 heavy (non-hydrogen) atoms. The fraction of sp³-hybridized carbons (Fsp3) is 0.455. The van der Waals surface area contributed by atoms with Crippen molar-refractivity contribution >= 4 is 26.8 Å². The molecule has 0 spiro atoms. The minimum atomic E-state index is 0.843. The molecular weight excluding hydrogens is 254 g/mol. The Labute approximate surface area is 96.6 Å². The van der Waals surface area contributed by atoms with E-state index in [2.05, 4.69) is 36.9 Å². The summed E-state index contributed by atoms with van der Waals surface area (Å²) in [4.78, 5) is 4.17. The Balaban J connectivity index is 1.91. The molecule has 0 atom stereocenters. The number of pyridine rings is 1. The maximum Gasteiger partial charge on any atom is 0.111 e. The van der Waals surface area contributed by atoms with Crippen molar-refractivity contribution in [3.05, 3.63) is 23.1 Å². The first kappa shape index (κ1) is 9.33. The SMILES string of the molecule is Brc1cc2cn(CC3CCC3)nc2cn1. The van der Waals surface area contributed by atoms with Crippen molar-refractivity contribution in [1.29, 1.82) is 0 Å². The van der Waals surface area contributed by atoms with Crippen LogP contribution in [0, 0.1) is 5.92 Å². The number of fused-ring (bicyclic) bond motifs is 1. The van der Waals surface area contributed by atoms with E-state index in [1.54, 1.807) is 0 Å².